The first-order chi connectivity index (χ1) is 7.36. The number of benzene rings is 2. The largest absolute Gasteiger partial charge is 0.370 e. The molecule has 0 fully saturated rings. The Bertz CT molecular complexity index is 399. The van der Waals surface area contributed by atoms with E-state index in [1.165, 1.54) is 5.56 Å². The second-order valence-electron chi connectivity index (χ2n) is 3.32. The molecule has 2 rings (SSSR count). The Balaban J connectivity index is 2.08. The number of nitrogens with one attached hydrogen (secondary N) is 1. The van der Waals surface area contributed by atoms with E-state index in [0.717, 1.165) is 5.69 Å². The molecule has 1 atom stereocenters. The summed E-state index contributed by atoms with van der Waals surface area (Å²) in [5.41, 5.74) is 2.26. The van der Waals surface area contributed by atoms with E-state index in [1.807, 2.05) is 48.5 Å². The first kappa shape index (κ1) is 10.1. The zero-order valence-electron chi connectivity index (χ0n) is 8.30. The second-order valence-corrected chi connectivity index (χ2v) is 3.84. The maximum atomic E-state index is 4.52. The van der Waals surface area contributed by atoms with E-state index in [0.29, 0.717) is 0 Å². The van der Waals surface area contributed by atoms with Gasteiger partial charge in [0.15, 0.2) is 0 Å². The van der Waals surface area contributed by atoms with Crippen LogP contribution in [-0.4, -0.2) is 0 Å². The van der Waals surface area contributed by atoms with Crippen molar-refractivity contribution in [3.05, 3.63) is 66.2 Å². The van der Waals surface area contributed by atoms with Crippen molar-refractivity contribution in [1.82, 2.24) is 0 Å². The van der Waals surface area contributed by atoms with Gasteiger partial charge in [0.2, 0.25) is 0 Å². The molecule has 0 radical (unpaired) electrons. The Labute approximate surface area is 95.6 Å². The zero-order chi connectivity index (χ0) is 10.5. The van der Waals surface area contributed by atoms with Gasteiger partial charge in [0.25, 0.3) is 0 Å². The highest BCUT2D eigenvalue weighted by atomic mass is 32.1. The molecule has 1 N–H and O–H groups in total. The summed E-state index contributed by atoms with van der Waals surface area (Å²) in [5.74, 6) is 0. The SMILES string of the molecule is SC(Nc1ccccc1)c1ccccc1. The van der Waals surface area contributed by atoms with Crippen LogP contribution < -0.4 is 5.32 Å². The Hall–Kier alpha value is -1.41. The fourth-order valence-electron chi connectivity index (χ4n) is 1.41. The molecule has 0 saturated carbocycles. The van der Waals surface area contributed by atoms with Gasteiger partial charge in [-0.05, 0) is 17.7 Å². The average Bonchev–Trinajstić information content (AvgIpc) is 2.31. The van der Waals surface area contributed by atoms with Gasteiger partial charge in [-0.1, -0.05) is 48.5 Å². The van der Waals surface area contributed by atoms with E-state index in [2.05, 4.69) is 30.1 Å². The summed E-state index contributed by atoms with van der Waals surface area (Å²) in [5, 5.41) is 3.36. The van der Waals surface area contributed by atoms with E-state index in [9.17, 15) is 0 Å². The third kappa shape index (κ3) is 2.77. The first-order valence-corrected chi connectivity index (χ1v) is 5.42. The van der Waals surface area contributed by atoms with Gasteiger partial charge in [-0.25, -0.2) is 0 Å². The van der Waals surface area contributed by atoms with Crippen LogP contribution in [0.1, 0.15) is 10.9 Å². The average molecular weight is 215 g/mol. The highest BCUT2D eigenvalue weighted by Gasteiger charge is 2.03. The van der Waals surface area contributed by atoms with Crippen molar-refractivity contribution in [1.29, 1.82) is 0 Å². The zero-order valence-corrected chi connectivity index (χ0v) is 9.19. The monoisotopic (exact) mass is 215 g/mol. The highest BCUT2D eigenvalue weighted by Crippen LogP contribution is 2.21. The molecule has 0 aliphatic carbocycles. The summed E-state index contributed by atoms with van der Waals surface area (Å²) in [6, 6.07) is 20.3. The van der Waals surface area contributed by atoms with Gasteiger partial charge in [-0.15, -0.1) is 12.6 Å². The van der Waals surface area contributed by atoms with Gasteiger partial charge in [0.1, 0.15) is 0 Å². The van der Waals surface area contributed by atoms with Gasteiger partial charge >= 0.3 is 0 Å². The lowest BCUT2D eigenvalue weighted by molar-refractivity contribution is 1.12. The Morgan fingerprint density at radius 1 is 0.800 bits per heavy atom. The third-order valence-electron chi connectivity index (χ3n) is 2.19. The molecule has 2 heteroatoms. The van der Waals surface area contributed by atoms with Crippen LogP contribution in [0.25, 0.3) is 0 Å². The van der Waals surface area contributed by atoms with Crippen LogP contribution in [-0.2, 0) is 0 Å². The molecule has 0 saturated heterocycles. The van der Waals surface area contributed by atoms with E-state index >= 15 is 0 Å². The lowest BCUT2D eigenvalue weighted by Crippen LogP contribution is -2.03. The van der Waals surface area contributed by atoms with Crippen molar-refractivity contribution in [3.63, 3.8) is 0 Å². The maximum absolute atomic E-state index is 4.52. The molecule has 2 aromatic rings. The van der Waals surface area contributed by atoms with Crippen LogP contribution >= 0.6 is 12.6 Å². The van der Waals surface area contributed by atoms with E-state index in [-0.39, 0.29) is 5.37 Å². The lowest BCUT2D eigenvalue weighted by Gasteiger charge is -2.14. The van der Waals surface area contributed by atoms with Crippen molar-refractivity contribution in [3.8, 4) is 0 Å². The summed E-state index contributed by atoms with van der Waals surface area (Å²) in [7, 11) is 0. The van der Waals surface area contributed by atoms with Crippen LogP contribution in [0.4, 0.5) is 5.69 Å². The molecule has 0 amide bonds. The number of thiol groups is 1. The molecule has 0 bridgehead atoms. The number of hydrogen-bond donors (Lipinski definition) is 2. The molecule has 1 unspecified atom stereocenters. The summed E-state index contributed by atoms with van der Waals surface area (Å²) < 4.78 is 0. The molecular weight excluding hydrogens is 202 g/mol. The Morgan fingerprint density at radius 3 is 1.93 bits per heavy atom. The van der Waals surface area contributed by atoms with Gasteiger partial charge < -0.3 is 5.32 Å². The van der Waals surface area contributed by atoms with Crippen molar-refractivity contribution in [2.24, 2.45) is 0 Å². The van der Waals surface area contributed by atoms with Crippen LogP contribution in [0.3, 0.4) is 0 Å². The fourth-order valence-corrected chi connectivity index (χ4v) is 1.73. The van der Waals surface area contributed by atoms with Crippen LogP contribution in [0.5, 0.6) is 0 Å². The van der Waals surface area contributed by atoms with Gasteiger partial charge in [-0.2, -0.15) is 0 Å². The summed E-state index contributed by atoms with van der Waals surface area (Å²) >= 11 is 4.52. The van der Waals surface area contributed by atoms with Crippen molar-refractivity contribution in [2.45, 2.75) is 5.37 Å². The van der Waals surface area contributed by atoms with Crippen molar-refractivity contribution >= 4 is 18.3 Å². The van der Waals surface area contributed by atoms with E-state index in [4.69, 9.17) is 0 Å². The number of rotatable bonds is 3. The number of hydrogen-bond acceptors (Lipinski definition) is 2. The van der Waals surface area contributed by atoms with Crippen LogP contribution in [0.15, 0.2) is 60.7 Å². The van der Waals surface area contributed by atoms with Gasteiger partial charge in [-0.3, -0.25) is 0 Å². The smallest absolute Gasteiger partial charge is 0.0950 e. The third-order valence-corrected chi connectivity index (χ3v) is 2.62. The first-order valence-electron chi connectivity index (χ1n) is 4.91. The fraction of sp³-hybridized carbons (Fsp3) is 0.0769. The molecule has 0 heterocycles. The van der Waals surface area contributed by atoms with Crippen LogP contribution in [0, 0.1) is 0 Å². The predicted molar refractivity (Wildman–Crippen MR) is 68.2 cm³/mol. The van der Waals surface area contributed by atoms with E-state index in [1.54, 1.807) is 0 Å². The normalized spacial score (nSPS) is 12.1. The summed E-state index contributed by atoms with van der Waals surface area (Å²) in [4.78, 5) is 0. The molecule has 76 valence electrons. The molecule has 2 aromatic carbocycles. The molecule has 0 aromatic heterocycles. The quantitative estimate of drug-likeness (QED) is 0.587. The standard InChI is InChI=1S/C13H13NS/c15-13(11-7-3-1-4-8-11)14-12-9-5-2-6-10-12/h1-10,13-15H. The second kappa shape index (κ2) is 4.89. The minimum absolute atomic E-state index is 0.0357. The molecule has 0 aliphatic rings. The molecule has 15 heavy (non-hydrogen) atoms. The van der Waals surface area contributed by atoms with Crippen molar-refractivity contribution in [2.75, 3.05) is 5.32 Å². The molecule has 1 nitrogen and oxygen atoms in total. The minimum atomic E-state index is 0.0357. The van der Waals surface area contributed by atoms with Gasteiger partial charge in [0, 0.05) is 5.69 Å². The molecule has 0 aliphatic heterocycles. The Kier molecular flexibility index (Phi) is 3.30. The molecule has 0 spiro atoms. The van der Waals surface area contributed by atoms with Gasteiger partial charge in [0.05, 0.1) is 5.37 Å². The minimum Gasteiger partial charge on any atom is -0.370 e. The summed E-state index contributed by atoms with van der Waals surface area (Å²) in [6.07, 6.45) is 0. The van der Waals surface area contributed by atoms with Crippen molar-refractivity contribution < 1.29 is 0 Å². The summed E-state index contributed by atoms with van der Waals surface area (Å²) in [6.45, 7) is 0. The highest BCUT2D eigenvalue weighted by molar-refractivity contribution is 7.80. The Morgan fingerprint density at radius 2 is 1.33 bits per heavy atom. The van der Waals surface area contributed by atoms with E-state index < -0.39 is 0 Å². The predicted octanol–water partition coefficient (Wildman–Crippen LogP) is 3.73. The topological polar surface area (TPSA) is 12.0 Å². The van der Waals surface area contributed by atoms with Crippen LogP contribution in [0.2, 0.25) is 0 Å². The number of para-hydroxylation sites is 1. The number of anilines is 1. The maximum Gasteiger partial charge on any atom is 0.0950 e. The lowest BCUT2D eigenvalue weighted by atomic mass is 10.2. The molecular formula is C13H13NS.